The summed E-state index contributed by atoms with van der Waals surface area (Å²) < 4.78 is 8.38. The molecule has 3 aromatic heterocycles. The summed E-state index contributed by atoms with van der Waals surface area (Å²) in [6.45, 7) is 1.78. The molecule has 5 rings (SSSR count). The van der Waals surface area contributed by atoms with Gasteiger partial charge in [-0.25, -0.2) is 9.97 Å². The normalized spacial score (nSPS) is 22.8. The number of nitrogens with one attached hydrogen (secondary N) is 2. The highest BCUT2D eigenvalue weighted by Gasteiger charge is 2.29. The molecule has 0 radical (unpaired) electrons. The Kier molecular flexibility index (Phi) is 2.75. The average Bonchev–Trinajstić information content (AvgIpc) is 3.02. The lowest BCUT2D eigenvalue weighted by molar-refractivity contribution is 0.140. The van der Waals surface area contributed by atoms with Crippen LogP contribution in [0.2, 0.25) is 0 Å². The van der Waals surface area contributed by atoms with E-state index in [2.05, 4.69) is 20.6 Å². The molecule has 116 valence electrons. The number of hydrogen-bond donors (Lipinski definition) is 2. The number of fused-ring (bicyclic) bond motifs is 4. The zero-order valence-corrected chi connectivity index (χ0v) is 12.4. The van der Waals surface area contributed by atoms with Crippen molar-refractivity contribution in [1.82, 2.24) is 24.7 Å². The maximum absolute atomic E-state index is 6.37. The monoisotopic (exact) mass is 308 g/mol. The molecule has 0 unspecified atom stereocenters. The standard InChI is InChI=1S/C16H16N6O/c1-2-15-19-8-12-10-6-18-9-14(20-10)21-11-7-17-5-4-13(11)23-16(3-1)22(12)15/h1-3,6,8-9,11,13,17H,4-5,7H2,(H,20,21)/t11-,13-/m0/s1. The second-order valence-electron chi connectivity index (χ2n) is 5.89. The number of ether oxygens (including phenoxy) is 1. The maximum atomic E-state index is 6.37. The van der Waals surface area contributed by atoms with Crippen LogP contribution in [0.15, 0.2) is 36.8 Å². The average molecular weight is 308 g/mol. The summed E-state index contributed by atoms with van der Waals surface area (Å²) >= 11 is 0. The van der Waals surface area contributed by atoms with Crippen LogP contribution in [0.1, 0.15) is 6.42 Å². The molecule has 2 aliphatic rings. The molecule has 2 bridgehead atoms. The van der Waals surface area contributed by atoms with Crippen molar-refractivity contribution >= 4 is 11.5 Å². The molecule has 1 fully saturated rings. The number of piperidine rings is 1. The van der Waals surface area contributed by atoms with E-state index in [1.165, 1.54) is 0 Å². The van der Waals surface area contributed by atoms with Crippen molar-refractivity contribution in [3.63, 3.8) is 0 Å². The van der Waals surface area contributed by atoms with Crippen molar-refractivity contribution in [1.29, 1.82) is 0 Å². The van der Waals surface area contributed by atoms with Crippen molar-refractivity contribution in [2.24, 2.45) is 0 Å². The molecule has 0 aliphatic carbocycles. The van der Waals surface area contributed by atoms with E-state index in [-0.39, 0.29) is 12.1 Å². The first-order valence-corrected chi connectivity index (χ1v) is 7.81. The van der Waals surface area contributed by atoms with Gasteiger partial charge in [0.25, 0.3) is 0 Å². The Labute approximate surface area is 132 Å². The van der Waals surface area contributed by atoms with E-state index in [4.69, 9.17) is 9.72 Å². The number of nitrogens with zero attached hydrogens (tertiary/aromatic N) is 4. The Morgan fingerprint density at radius 3 is 3.22 bits per heavy atom. The fourth-order valence-electron chi connectivity index (χ4n) is 3.30. The van der Waals surface area contributed by atoms with Crippen LogP contribution >= 0.6 is 0 Å². The number of pyridine rings is 1. The lowest BCUT2D eigenvalue weighted by Gasteiger charge is -2.34. The summed E-state index contributed by atoms with van der Waals surface area (Å²) in [5.41, 5.74) is 2.52. The van der Waals surface area contributed by atoms with Crippen LogP contribution in [0, 0.1) is 0 Å². The van der Waals surface area contributed by atoms with E-state index in [1.54, 1.807) is 12.4 Å². The van der Waals surface area contributed by atoms with Crippen LogP contribution < -0.4 is 15.4 Å². The Bertz CT molecular complexity index is 876. The van der Waals surface area contributed by atoms with E-state index in [0.29, 0.717) is 0 Å². The number of rotatable bonds is 0. The van der Waals surface area contributed by atoms with Gasteiger partial charge in [-0.3, -0.25) is 9.38 Å². The smallest absolute Gasteiger partial charge is 0.200 e. The number of aromatic nitrogens is 4. The summed E-state index contributed by atoms with van der Waals surface area (Å²) in [5, 5.41) is 6.86. The van der Waals surface area contributed by atoms with Gasteiger partial charge in [-0.05, 0) is 25.1 Å². The molecule has 5 heterocycles. The van der Waals surface area contributed by atoms with E-state index < -0.39 is 0 Å². The molecule has 2 N–H and O–H groups in total. The lowest BCUT2D eigenvalue weighted by atomic mass is 10.0. The van der Waals surface area contributed by atoms with Crippen LogP contribution in [0.5, 0.6) is 5.88 Å². The molecule has 0 spiro atoms. The number of anilines is 1. The van der Waals surface area contributed by atoms with Gasteiger partial charge in [0.2, 0.25) is 0 Å². The molecular formula is C16H16N6O. The van der Waals surface area contributed by atoms with Crippen LogP contribution in [0.25, 0.3) is 17.0 Å². The Balaban J connectivity index is 1.76. The molecule has 7 nitrogen and oxygen atoms in total. The minimum absolute atomic E-state index is 0.0701. The molecule has 1 saturated heterocycles. The van der Waals surface area contributed by atoms with Gasteiger partial charge in [0, 0.05) is 6.54 Å². The highest BCUT2D eigenvalue weighted by Crippen LogP contribution is 2.28. The van der Waals surface area contributed by atoms with Gasteiger partial charge in [-0.2, -0.15) is 0 Å². The Hall–Kier alpha value is -2.67. The first-order valence-electron chi connectivity index (χ1n) is 7.81. The molecule has 0 saturated carbocycles. The first kappa shape index (κ1) is 12.8. The molecule has 2 atom stereocenters. The third-order valence-electron chi connectivity index (χ3n) is 4.41. The van der Waals surface area contributed by atoms with Gasteiger partial charge < -0.3 is 15.4 Å². The predicted octanol–water partition coefficient (Wildman–Crippen LogP) is 1.33. The van der Waals surface area contributed by atoms with Gasteiger partial charge >= 0.3 is 0 Å². The summed E-state index contributed by atoms with van der Waals surface area (Å²) in [6.07, 6.45) is 6.33. The highest BCUT2D eigenvalue weighted by molar-refractivity contribution is 5.62. The van der Waals surface area contributed by atoms with Crippen LogP contribution in [-0.2, 0) is 0 Å². The SMILES string of the molecule is c1cc2n3c(cnc3c1)-c1cncc(n1)N[C@H]1CNCC[C@@H]1O2. The van der Waals surface area contributed by atoms with Crippen molar-refractivity contribution in [3.05, 3.63) is 36.8 Å². The van der Waals surface area contributed by atoms with Crippen LogP contribution in [0.4, 0.5) is 5.82 Å². The number of hydrogen-bond acceptors (Lipinski definition) is 6. The lowest BCUT2D eigenvalue weighted by Crippen LogP contribution is -2.51. The summed E-state index contributed by atoms with van der Waals surface area (Å²) in [7, 11) is 0. The third kappa shape index (κ3) is 2.04. The number of imidazole rings is 1. The largest absolute Gasteiger partial charge is 0.473 e. The summed E-state index contributed by atoms with van der Waals surface area (Å²) in [5.74, 6) is 1.56. The molecule has 7 heteroatoms. The predicted molar refractivity (Wildman–Crippen MR) is 85.5 cm³/mol. The van der Waals surface area contributed by atoms with E-state index in [0.717, 1.165) is 48.2 Å². The topological polar surface area (TPSA) is 76.4 Å². The van der Waals surface area contributed by atoms with Crippen molar-refractivity contribution in [2.45, 2.75) is 18.6 Å². The highest BCUT2D eigenvalue weighted by atomic mass is 16.5. The zero-order valence-electron chi connectivity index (χ0n) is 12.4. The third-order valence-corrected chi connectivity index (χ3v) is 4.41. The fourth-order valence-corrected chi connectivity index (χ4v) is 3.30. The second kappa shape index (κ2) is 4.92. The minimum atomic E-state index is 0.0701. The molecule has 0 amide bonds. The van der Waals surface area contributed by atoms with Gasteiger partial charge in [-0.1, -0.05) is 6.07 Å². The summed E-state index contributed by atoms with van der Waals surface area (Å²) in [4.78, 5) is 13.5. The van der Waals surface area contributed by atoms with Gasteiger partial charge in [-0.15, -0.1) is 0 Å². The van der Waals surface area contributed by atoms with E-state index in [9.17, 15) is 0 Å². The maximum Gasteiger partial charge on any atom is 0.200 e. The van der Waals surface area contributed by atoms with E-state index in [1.807, 2.05) is 28.8 Å². The van der Waals surface area contributed by atoms with Crippen molar-refractivity contribution in [3.8, 4) is 17.3 Å². The zero-order chi connectivity index (χ0) is 15.2. The Morgan fingerprint density at radius 1 is 1.22 bits per heavy atom. The molecule has 0 aromatic carbocycles. The molecule has 23 heavy (non-hydrogen) atoms. The quantitative estimate of drug-likeness (QED) is 0.652. The van der Waals surface area contributed by atoms with Crippen LogP contribution in [-0.4, -0.2) is 44.6 Å². The second-order valence-corrected chi connectivity index (χ2v) is 5.89. The molecule has 2 aliphatic heterocycles. The fraction of sp³-hybridized carbons (Fsp3) is 0.312. The minimum Gasteiger partial charge on any atom is -0.473 e. The summed E-state index contributed by atoms with van der Waals surface area (Å²) in [6, 6.07) is 6.07. The van der Waals surface area contributed by atoms with Crippen molar-refractivity contribution < 1.29 is 4.74 Å². The molecule has 3 aromatic rings. The van der Waals surface area contributed by atoms with Gasteiger partial charge in [0.1, 0.15) is 23.3 Å². The van der Waals surface area contributed by atoms with Crippen LogP contribution in [0.3, 0.4) is 0 Å². The molecular weight excluding hydrogens is 292 g/mol. The Morgan fingerprint density at radius 2 is 2.22 bits per heavy atom. The van der Waals surface area contributed by atoms with E-state index >= 15 is 0 Å². The van der Waals surface area contributed by atoms with Gasteiger partial charge in [0.05, 0.1) is 30.3 Å². The van der Waals surface area contributed by atoms with Gasteiger partial charge in [0.15, 0.2) is 5.88 Å². The first-order chi connectivity index (χ1) is 11.4. The van der Waals surface area contributed by atoms with Crippen molar-refractivity contribution in [2.75, 3.05) is 18.4 Å².